The predicted molar refractivity (Wildman–Crippen MR) is 120 cm³/mol. The molecule has 0 radical (unpaired) electrons. The van der Waals surface area contributed by atoms with E-state index in [1.165, 1.54) is 73.3 Å². The van der Waals surface area contributed by atoms with Gasteiger partial charge in [0.15, 0.2) is 0 Å². The molecular weight excluding hydrogens is 356 g/mol. The molecule has 2 N–H and O–H groups in total. The number of hydrogen-bond acceptors (Lipinski definition) is 3. The molecule has 0 amide bonds. The van der Waals surface area contributed by atoms with Crippen molar-refractivity contribution in [2.45, 2.75) is 52.0 Å². The lowest BCUT2D eigenvalue weighted by Gasteiger charge is -2.35. The molecule has 0 saturated carbocycles. The Balaban J connectivity index is 1.25. The molecule has 29 heavy (non-hydrogen) atoms. The van der Waals surface area contributed by atoms with Crippen LogP contribution in [-0.4, -0.2) is 34.1 Å². The van der Waals surface area contributed by atoms with Crippen LogP contribution in [0, 0.1) is 12.8 Å². The molecule has 2 aromatic carbocycles. The highest BCUT2D eigenvalue weighted by Gasteiger charge is 2.28. The van der Waals surface area contributed by atoms with Gasteiger partial charge in [-0.15, -0.1) is 0 Å². The molecule has 4 nitrogen and oxygen atoms in total. The van der Waals surface area contributed by atoms with E-state index in [1.54, 1.807) is 0 Å². The fourth-order valence-corrected chi connectivity index (χ4v) is 5.50. The van der Waals surface area contributed by atoms with Gasteiger partial charge in [-0.1, -0.05) is 19.1 Å². The zero-order chi connectivity index (χ0) is 20.0. The van der Waals surface area contributed by atoms with Crippen LogP contribution in [0.1, 0.15) is 48.3 Å². The van der Waals surface area contributed by atoms with Crippen LogP contribution in [0.15, 0.2) is 36.4 Å². The number of hydrogen-bond donors (Lipinski definition) is 1. The molecule has 0 bridgehead atoms. The van der Waals surface area contributed by atoms with Gasteiger partial charge in [0.2, 0.25) is 0 Å². The first kappa shape index (κ1) is 18.7. The standard InChI is InChI=1S/C25H32N4/c1-3-25-27-23-12-17(2)4-7-24(23)29(25)22-8-10-28(11-9-22)16-18-13-19-5-6-21(26)15-20(19)14-18/h4-7,12,15,18,22H,3,8-11,13-14,16,26H2,1-2H3. The first-order valence-corrected chi connectivity index (χ1v) is 11.2. The first-order chi connectivity index (χ1) is 14.1. The largest absolute Gasteiger partial charge is 0.399 e. The van der Waals surface area contributed by atoms with E-state index in [1.807, 2.05) is 0 Å². The van der Waals surface area contributed by atoms with Gasteiger partial charge in [0, 0.05) is 37.8 Å². The lowest BCUT2D eigenvalue weighted by Crippen LogP contribution is -2.38. The normalized spacial score (nSPS) is 20.4. The second kappa shape index (κ2) is 7.49. The number of aromatic nitrogens is 2. The maximum atomic E-state index is 5.98. The number of piperidine rings is 1. The van der Waals surface area contributed by atoms with Crippen LogP contribution in [0.3, 0.4) is 0 Å². The van der Waals surface area contributed by atoms with Crippen LogP contribution in [0.2, 0.25) is 0 Å². The van der Waals surface area contributed by atoms with E-state index in [0.717, 1.165) is 23.5 Å². The average molecular weight is 389 g/mol. The van der Waals surface area contributed by atoms with Crippen molar-refractivity contribution in [3.63, 3.8) is 0 Å². The maximum absolute atomic E-state index is 5.98. The fraction of sp³-hybridized carbons (Fsp3) is 0.480. The Bertz CT molecular complexity index is 1030. The lowest BCUT2D eigenvalue weighted by atomic mass is 10.0. The van der Waals surface area contributed by atoms with E-state index in [-0.39, 0.29) is 0 Å². The van der Waals surface area contributed by atoms with E-state index in [9.17, 15) is 0 Å². The van der Waals surface area contributed by atoms with Gasteiger partial charge < -0.3 is 15.2 Å². The number of benzene rings is 2. The summed E-state index contributed by atoms with van der Waals surface area (Å²) in [5, 5.41) is 0. The summed E-state index contributed by atoms with van der Waals surface area (Å²) in [4.78, 5) is 7.62. The second-order valence-electron chi connectivity index (χ2n) is 9.08. The molecule has 4 heteroatoms. The predicted octanol–water partition coefficient (Wildman–Crippen LogP) is 4.54. The van der Waals surface area contributed by atoms with E-state index in [2.05, 4.69) is 59.7 Å². The smallest absolute Gasteiger partial charge is 0.109 e. The van der Waals surface area contributed by atoms with E-state index in [4.69, 9.17) is 10.7 Å². The molecule has 1 unspecified atom stereocenters. The summed E-state index contributed by atoms with van der Waals surface area (Å²) in [6.45, 7) is 7.97. The molecule has 2 aliphatic rings. The molecular formula is C25H32N4. The first-order valence-electron chi connectivity index (χ1n) is 11.2. The number of nitrogens with zero attached hydrogens (tertiary/aromatic N) is 3. The van der Waals surface area contributed by atoms with E-state index in [0.29, 0.717) is 6.04 Å². The summed E-state index contributed by atoms with van der Waals surface area (Å²) in [5.74, 6) is 1.99. The third kappa shape index (κ3) is 3.55. The molecule has 1 saturated heterocycles. The average Bonchev–Trinajstić information content (AvgIpc) is 3.28. The minimum atomic E-state index is 0.578. The molecule has 152 valence electrons. The Kier molecular flexibility index (Phi) is 4.83. The second-order valence-corrected chi connectivity index (χ2v) is 9.08. The summed E-state index contributed by atoms with van der Waals surface area (Å²) in [5.41, 5.74) is 13.6. The molecule has 1 atom stereocenters. The number of fused-ring (bicyclic) bond motifs is 2. The van der Waals surface area contributed by atoms with Crippen molar-refractivity contribution in [2.24, 2.45) is 5.92 Å². The number of nitrogen functional groups attached to an aromatic ring is 1. The van der Waals surface area contributed by atoms with Crippen LogP contribution in [0.4, 0.5) is 5.69 Å². The van der Waals surface area contributed by atoms with Gasteiger partial charge in [-0.05, 0) is 79.5 Å². The summed E-state index contributed by atoms with van der Waals surface area (Å²) in [6, 6.07) is 13.8. The minimum Gasteiger partial charge on any atom is -0.399 e. The lowest BCUT2D eigenvalue weighted by molar-refractivity contribution is 0.164. The van der Waals surface area contributed by atoms with Gasteiger partial charge in [-0.25, -0.2) is 4.98 Å². The fourth-order valence-electron chi connectivity index (χ4n) is 5.50. The third-order valence-electron chi connectivity index (χ3n) is 6.92. The van der Waals surface area contributed by atoms with Crippen LogP contribution < -0.4 is 5.73 Å². The summed E-state index contributed by atoms with van der Waals surface area (Å²) in [7, 11) is 0. The monoisotopic (exact) mass is 388 g/mol. The quantitative estimate of drug-likeness (QED) is 0.668. The van der Waals surface area contributed by atoms with Gasteiger partial charge in [0.05, 0.1) is 11.0 Å². The van der Waals surface area contributed by atoms with Crippen molar-refractivity contribution in [1.29, 1.82) is 0 Å². The highest BCUT2D eigenvalue weighted by atomic mass is 15.2. The number of anilines is 1. The summed E-state index contributed by atoms with van der Waals surface area (Å²) < 4.78 is 2.54. The summed E-state index contributed by atoms with van der Waals surface area (Å²) in [6.07, 6.45) is 5.84. The van der Waals surface area contributed by atoms with Gasteiger partial charge in [-0.2, -0.15) is 0 Å². The Hall–Kier alpha value is -2.33. The van der Waals surface area contributed by atoms with Crippen molar-refractivity contribution in [3.8, 4) is 0 Å². The zero-order valence-electron chi connectivity index (χ0n) is 17.7. The van der Waals surface area contributed by atoms with E-state index < -0.39 is 0 Å². The molecule has 5 rings (SSSR count). The Morgan fingerprint density at radius 3 is 2.62 bits per heavy atom. The molecule has 1 aliphatic carbocycles. The topological polar surface area (TPSA) is 47.1 Å². The van der Waals surface area contributed by atoms with Gasteiger partial charge >= 0.3 is 0 Å². The summed E-state index contributed by atoms with van der Waals surface area (Å²) >= 11 is 0. The van der Waals surface area contributed by atoms with Crippen LogP contribution >= 0.6 is 0 Å². The molecule has 1 fully saturated rings. The van der Waals surface area contributed by atoms with Crippen LogP contribution in [0.5, 0.6) is 0 Å². The van der Waals surface area contributed by atoms with Crippen LogP contribution in [-0.2, 0) is 19.3 Å². The van der Waals surface area contributed by atoms with Gasteiger partial charge in [0.1, 0.15) is 5.82 Å². The third-order valence-corrected chi connectivity index (χ3v) is 6.92. The van der Waals surface area contributed by atoms with Crippen molar-refractivity contribution in [3.05, 3.63) is 58.9 Å². The van der Waals surface area contributed by atoms with Crippen molar-refractivity contribution in [1.82, 2.24) is 14.5 Å². The number of imidazole rings is 1. The van der Waals surface area contributed by atoms with Crippen LogP contribution in [0.25, 0.3) is 11.0 Å². The van der Waals surface area contributed by atoms with Crippen molar-refractivity contribution >= 4 is 16.7 Å². The molecule has 3 aromatic rings. The van der Waals surface area contributed by atoms with Crippen molar-refractivity contribution < 1.29 is 0 Å². The molecule has 0 spiro atoms. The van der Waals surface area contributed by atoms with Crippen molar-refractivity contribution in [2.75, 3.05) is 25.4 Å². The van der Waals surface area contributed by atoms with Gasteiger partial charge in [-0.3, -0.25) is 0 Å². The van der Waals surface area contributed by atoms with Gasteiger partial charge in [0.25, 0.3) is 0 Å². The molecule has 2 heterocycles. The maximum Gasteiger partial charge on any atom is 0.109 e. The molecule has 1 aliphatic heterocycles. The Morgan fingerprint density at radius 1 is 1.03 bits per heavy atom. The zero-order valence-corrected chi connectivity index (χ0v) is 17.7. The SMILES string of the molecule is CCc1nc2cc(C)ccc2n1C1CCN(CC2Cc3ccc(N)cc3C2)CC1. The highest BCUT2D eigenvalue weighted by molar-refractivity contribution is 5.77. The minimum absolute atomic E-state index is 0.578. The Labute approximate surface area is 173 Å². The molecule has 1 aromatic heterocycles. The number of likely N-dealkylation sites (tertiary alicyclic amines) is 1. The number of nitrogens with two attached hydrogens (primary N) is 1. The Morgan fingerprint density at radius 2 is 1.83 bits per heavy atom. The number of rotatable bonds is 4. The van der Waals surface area contributed by atoms with E-state index >= 15 is 0 Å². The highest BCUT2D eigenvalue weighted by Crippen LogP contribution is 2.32. The number of aryl methyl sites for hydroxylation is 2.